The number of rotatable bonds is 8. The quantitative estimate of drug-likeness (QED) is 0.331. The zero-order chi connectivity index (χ0) is 18.1. The van der Waals surface area contributed by atoms with Gasteiger partial charge in [-0.25, -0.2) is 15.4 Å². The van der Waals surface area contributed by atoms with Crippen LogP contribution in [0.1, 0.15) is 5.56 Å². The molecule has 9 heteroatoms. The average Bonchev–Trinajstić information content (AvgIpc) is 2.66. The van der Waals surface area contributed by atoms with Crippen LogP contribution in [-0.4, -0.2) is 49.2 Å². The SMILES string of the molecule is COc1cc(/C=N\NC(=O)CSc2ncccn2)cc(OC)c1OC. The highest BCUT2D eigenvalue weighted by Gasteiger charge is 2.12. The summed E-state index contributed by atoms with van der Waals surface area (Å²) in [5.74, 6) is 1.40. The highest BCUT2D eigenvalue weighted by Crippen LogP contribution is 2.37. The van der Waals surface area contributed by atoms with Gasteiger partial charge < -0.3 is 14.2 Å². The van der Waals surface area contributed by atoms with E-state index in [1.807, 2.05) is 0 Å². The molecule has 0 aliphatic rings. The third-order valence-electron chi connectivity index (χ3n) is 2.96. The zero-order valence-electron chi connectivity index (χ0n) is 14.1. The largest absolute Gasteiger partial charge is 0.493 e. The van der Waals surface area contributed by atoms with Gasteiger partial charge >= 0.3 is 0 Å². The summed E-state index contributed by atoms with van der Waals surface area (Å²) in [4.78, 5) is 19.8. The Morgan fingerprint density at radius 2 is 1.80 bits per heavy atom. The number of carbonyl (C=O) groups is 1. The number of nitrogens with zero attached hydrogens (tertiary/aromatic N) is 3. The molecule has 0 fully saturated rings. The Bertz CT molecular complexity index is 715. The van der Waals surface area contributed by atoms with Gasteiger partial charge in [0.1, 0.15) is 0 Å². The van der Waals surface area contributed by atoms with Crippen molar-refractivity contribution in [2.24, 2.45) is 5.10 Å². The molecule has 2 rings (SSSR count). The normalized spacial score (nSPS) is 10.5. The molecule has 1 N–H and O–H groups in total. The van der Waals surface area contributed by atoms with Crippen molar-refractivity contribution >= 4 is 23.9 Å². The number of hydrogen-bond donors (Lipinski definition) is 1. The van der Waals surface area contributed by atoms with Gasteiger partial charge in [0.25, 0.3) is 5.91 Å². The van der Waals surface area contributed by atoms with Crippen molar-refractivity contribution in [1.29, 1.82) is 0 Å². The minimum absolute atomic E-state index is 0.163. The number of ether oxygens (including phenoxy) is 3. The van der Waals surface area contributed by atoms with E-state index >= 15 is 0 Å². The lowest BCUT2D eigenvalue weighted by Crippen LogP contribution is -2.19. The monoisotopic (exact) mass is 362 g/mol. The molecule has 2 aromatic rings. The second-order valence-corrected chi connectivity index (χ2v) is 5.51. The van der Waals surface area contributed by atoms with Crippen LogP contribution in [0.2, 0.25) is 0 Å². The van der Waals surface area contributed by atoms with E-state index < -0.39 is 0 Å². The Balaban J connectivity index is 1.96. The Hall–Kier alpha value is -2.81. The van der Waals surface area contributed by atoms with Gasteiger partial charge in [0.15, 0.2) is 16.7 Å². The lowest BCUT2D eigenvalue weighted by molar-refractivity contribution is -0.118. The topological polar surface area (TPSA) is 94.9 Å². The lowest BCUT2D eigenvalue weighted by Gasteiger charge is -2.12. The molecule has 0 atom stereocenters. The second-order valence-electron chi connectivity index (χ2n) is 4.57. The van der Waals surface area contributed by atoms with Crippen LogP contribution in [0.15, 0.2) is 40.9 Å². The molecule has 0 saturated heterocycles. The summed E-state index contributed by atoms with van der Waals surface area (Å²) in [5, 5.41) is 4.46. The fraction of sp³-hybridized carbons (Fsp3) is 0.250. The minimum Gasteiger partial charge on any atom is -0.493 e. The van der Waals surface area contributed by atoms with Gasteiger partial charge in [0.2, 0.25) is 5.75 Å². The smallest absolute Gasteiger partial charge is 0.250 e. The van der Waals surface area contributed by atoms with Gasteiger partial charge in [-0.15, -0.1) is 0 Å². The van der Waals surface area contributed by atoms with Crippen LogP contribution in [0, 0.1) is 0 Å². The fourth-order valence-corrected chi connectivity index (χ4v) is 2.47. The van der Waals surface area contributed by atoms with Crippen molar-refractivity contribution in [3.05, 3.63) is 36.2 Å². The van der Waals surface area contributed by atoms with E-state index in [1.54, 1.807) is 30.6 Å². The number of nitrogens with one attached hydrogen (secondary N) is 1. The van der Waals surface area contributed by atoms with Gasteiger partial charge in [0.05, 0.1) is 33.3 Å². The number of amides is 1. The molecule has 1 heterocycles. The zero-order valence-corrected chi connectivity index (χ0v) is 14.9. The average molecular weight is 362 g/mol. The summed E-state index contributed by atoms with van der Waals surface area (Å²) < 4.78 is 15.8. The van der Waals surface area contributed by atoms with Crippen molar-refractivity contribution in [2.75, 3.05) is 27.1 Å². The molecule has 0 radical (unpaired) electrons. The molecule has 1 amide bonds. The molecule has 25 heavy (non-hydrogen) atoms. The number of thioether (sulfide) groups is 1. The van der Waals surface area contributed by atoms with Crippen molar-refractivity contribution < 1.29 is 19.0 Å². The third-order valence-corrected chi connectivity index (χ3v) is 3.84. The second kappa shape index (κ2) is 9.48. The molecule has 132 valence electrons. The van der Waals surface area contributed by atoms with Crippen molar-refractivity contribution in [1.82, 2.24) is 15.4 Å². The summed E-state index contributed by atoms with van der Waals surface area (Å²) >= 11 is 1.23. The van der Waals surface area contributed by atoms with Crippen molar-refractivity contribution in [3.8, 4) is 17.2 Å². The first-order valence-corrected chi connectivity index (χ1v) is 8.18. The van der Waals surface area contributed by atoms with E-state index in [0.29, 0.717) is 28.0 Å². The molecule has 0 unspecified atom stereocenters. The first-order chi connectivity index (χ1) is 12.2. The van der Waals surface area contributed by atoms with E-state index in [2.05, 4.69) is 20.5 Å². The Labute approximate surface area is 149 Å². The van der Waals surface area contributed by atoms with E-state index in [-0.39, 0.29) is 11.7 Å². The van der Waals surface area contributed by atoms with E-state index in [0.717, 1.165) is 0 Å². The van der Waals surface area contributed by atoms with Gasteiger partial charge in [0, 0.05) is 18.0 Å². The van der Waals surface area contributed by atoms with E-state index in [1.165, 1.54) is 39.3 Å². The predicted octanol–water partition coefficient (Wildman–Crippen LogP) is 1.74. The van der Waals surface area contributed by atoms with E-state index in [4.69, 9.17) is 14.2 Å². The number of benzene rings is 1. The molecule has 0 aliphatic carbocycles. The van der Waals surface area contributed by atoms with Gasteiger partial charge in [-0.05, 0) is 18.2 Å². The first kappa shape index (κ1) is 18.5. The molecular weight excluding hydrogens is 344 g/mol. The van der Waals surface area contributed by atoms with Crippen molar-refractivity contribution in [2.45, 2.75) is 5.16 Å². The molecule has 1 aromatic heterocycles. The van der Waals surface area contributed by atoms with Crippen molar-refractivity contribution in [3.63, 3.8) is 0 Å². The Kier molecular flexibility index (Phi) is 7.02. The number of methoxy groups -OCH3 is 3. The minimum atomic E-state index is -0.263. The maximum Gasteiger partial charge on any atom is 0.250 e. The van der Waals surface area contributed by atoms with Crippen LogP contribution < -0.4 is 19.6 Å². The molecule has 0 aliphatic heterocycles. The van der Waals surface area contributed by atoms with Gasteiger partial charge in [-0.2, -0.15) is 5.10 Å². The molecular formula is C16H18N4O4S. The Morgan fingerprint density at radius 1 is 1.16 bits per heavy atom. The summed E-state index contributed by atoms with van der Waals surface area (Å²) in [6, 6.07) is 5.17. The number of hydrazone groups is 1. The molecule has 1 aromatic carbocycles. The molecule has 0 saturated carbocycles. The van der Waals surface area contributed by atoms with Gasteiger partial charge in [-0.3, -0.25) is 4.79 Å². The van der Waals surface area contributed by atoms with Crippen LogP contribution in [-0.2, 0) is 4.79 Å². The molecule has 0 bridgehead atoms. The summed E-state index contributed by atoms with van der Waals surface area (Å²) in [6.07, 6.45) is 4.73. The number of aromatic nitrogens is 2. The first-order valence-electron chi connectivity index (χ1n) is 7.19. The lowest BCUT2D eigenvalue weighted by atomic mass is 10.2. The standard InChI is InChI=1S/C16H18N4O4S/c1-22-12-7-11(8-13(23-2)15(12)24-3)9-19-20-14(21)10-25-16-17-5-4-6-18-16/h4-9H,10H2,1-3H3,(H,20,21)/b19-9-. The van der Waals surface area contributed by atoms with Gasteiger partial charge in [-0.1, -0.05) is 11.8 Å². The molecule has 8 nitrogen and oxygen atoms in total. The van der Waals surface area contributed by atoms with Crippen LogP contribution in [0.3, 0.4) is 0 Å². The maximum absolute atomic E-state index is 11.8. The van der Waals surface area contributed by atoms with Crippen LogP contribution in [0.5, 0.6) is 17.2 Å². The van der Waals surface area contributed by atoms with Crippen LogP contribution in [0.25, 0.3) is 0 Å². The van der Waals surface area contributed by atoms with Crippen LogP contribution in [0.4, 0.5) is 0 Å². The summed E-state index contributed by atoms with van der Waals surface area (Å²) in [7, 11) is 4.59. The van der Waals surface area contributed by atoms with E-state index in [9.17, 15) is 4.79 Å². The Morgan fingerprint density at radius 3 is 2.36 bits per heavy atom. The predicted molar refractivity (Wildman–Crippen MR) is 94.6 cm³/mol. The number of hydrogen-bond acceptors (Lipinski definition) is 8. The highest BCUT2D eigenvalue weighted by molar-refractivity contribution is 7.99. The highest BCUT2D eigenvalue weighted by atomic mass is 32.2. The third kappa shape index (κ3) is 5.35. The number of carbonyl (C=O) groups excluding carboxylic acids is 1. The fourth-order valence-electron chi connectivity index (χ4n) is 1.88. The maximum atomic E-state index is 11.8. The summed E-state index contributed by atoms with van der Waals surface area (Å²) in [6.45, 7) is 0. The summed E-state index contributed by atoms with van der Waals surface area (Å²) in [5.41, 5.74) is 3.13. The van der Waals surface area contributed by atoms with Crippen LogP contribution >= 0.6 is 11.8 Å². The molecule has 0 spiro atoms.